The fourth-order valence-electron chi connectivity index (χ4n) is 5.26. The summed E-state index contributed by atoms with van der Waals surface area (Å²) in [5, 5.41) is 13.3. The van der Waals surface area contributed by atoms with Gasteiger partial charge in [-0.25, -0.2) is 4.79 Å². The summed E-state index contributed by atoms with van der Waals surface area (Å²) in [6.07, 6.45) is 0.159. The molecule has 3 N–H and O–H groups in total. The number of aromatic nitrogens is 2. The highest BCUT2D eigenvalue weighted by molar-refractivity contribution is 5.96. The van der Waals surface area contributed by atoms with E-state index in [0.717, 1.165) is 16.7 Å². The standard InChI is InChI=1S/C30H29N3O5/c1-20-18-33(29(37)32-27(20)35)26-17-24(25(19-34)38-26)31-28(36)30(21-11-5-2-6-12-21,22-13-7-3-8-14-22)23-15-9-4-10-16-23/h2-16,18,24-26,34H,17,19H2,1H3,(H,31,36)(H,32,35,37)/t24-,25+,26+/m0/s1. The molecule has 1 aliphatic rings. The minimum Gasteiger partial charge on any atom is -0.394 e. The van der Waals surface area contributed by atoms with Crippen molar-refractivity contribution in [3.8, 4) is 0 Å². The zero-order valence-corrected chi connectivity index (χ0v) is 20.9. The number of ether oxygens (including phenoxy) is 1. The molecule has 0 bridgehead atoms. The lowest BCUT2D eigenvalue weighted by atomic mass is 9.68. The predicted octanol–water partition coefficient (Wildman–Crippen LogP) is 2.64. The number of nitrogens with zero attached hydrogens (tertiary/aromatic N) is 1. The maximum Gasteiger partial charge on any atom is 0.330 e. The van der Waals surface area contributed by atoms with Gasteiger partial charge in [-0.1, -0.05) is 91.0 Å². The number of H-pyrrole nitrogens is 1. The van der Waals surface area contributed by atoms with E-state index in [1.807, 2.05) is 91.0 Å². The Balaban J connectivity index is 1.57. The van der Waals surface area contributed by atoms with Crippen LogP contribution in [0.1, 0.15) is 34.9 Å². The summed E-state index contributed by atoms with van der Waals surface area (Å²) in [5.41, 5.74) is 0.466. The Labute approximate surface area is 219 Å². The first-order valence-corrected chi connectivity index (χ1v) is 12.5. The first-order valence-electron chi connectivity index (χ1n) is 12.5. The van der Waals surface area contributed by atoms with Crippen molar-refractivity contribution in [3.63, 3.8) is 0 Å². The minimum absolute atomic E-state index is 0.233. The van der Waals surface area contributed by atoms with Gasteiger partial charge in [-0.2, -0.15) is 0 Å². The van der Waals surface area contributed by atoms with Crippen molar-refractivity contribution in [2.24, 2.45) is 0 Å². The smallest absolute Gasteiger partial charge is 0.330 e. The molecule has 1 amide bonds. The van der Waals surface area contributed by atoms with Gasteiger partial charge < -0.3 is 15.2 Å². The lowest BCUT2D eigenvalue weighted by molar-refractivity contribution is -0.125. The third-order valence-electron chi connectivity index (χ3n) is 7.15. The predicted molar refractivity (Wildman–Crippen MR) is 143 cm³/mol. The highest BCUT2D eigenvalue weighted by Crippen LogP contribution is 2.40. The van der Waals surface area contributed by atoms with Crippen LogP contribution < -0.4 is 16.6 Å². The van der Waals surface area contributed by atoms with Gasteiger partial charge in [0, 0.05) is 18.2 Å². The molecule has 1 fully saturated rings. The van der Waals surface area contributed by atoms with Crippen molar-refractivity contribution in [1.29, 1.82) is 0 Å². The van der Waals surface area contributed by atoms with Crippen molar-refractivity contribution in [2.75, 3.05) is 6.61 Å². The van der Waals surface area contributed by atoms with E-state index in [0.29, 0.717) is 5.56 Å². The summed E-state index contributed by atoms with van der Waals surface area (Å²) in [7, 11) is 0. The zero-order valence-electron chi connectivity index (χ0n) is 20.9. The third-order valence-corrected chi connectivity index (χ3v) is 7.15. The average Bonchev–Trinajstić information content (AvgIpc) is 3.35. The second kappa shape index (κ2) is 10.6. The summed E-state index contributed by atoms with van der Waals surface area (Å²) < 4.78 is 7.29. The van der Waals surface area contributed by atoms with Crippen LogP contribution in [0.4, 0.5) is 0 Å². The first kappa shape index (κ1) is 25.4. The maximum absolute atomic E-state index is 14.5. The Kier molecular flexibility index (Phi) is 7.09. The number of carbonyl (C=O) groups is 1. The lowest BCUT2D eigenvalue weighted by Crippen LogP contribution is -2.52. The number of amides is 1. The summed E-state index contributed by atoms with van der Waals surface area (Å²) in [4.78, 5) is 41.2. The highest BCUT2D eigenvalue weighted by Gasteiger charge is 2.46. The van der Waals surface area contributed by atoms with Crippen molar-refractivity contribution in [2.45, 2.75) is 37.1 Å². The van der Waals surface area contributed by atoms with E-state index < -0.39 is 35.0 Å². The molecule has 3 aromatic carbocycles. The van der Waals surface area contributed by atoms with Crippen LogP contribution in [0.5, 0.6) is 0 Å². The Hall–Kier alpha value is -4.27. The number of hydrogen-bond acceptors (Lipinski definition) is 5. The maximum atomic E-state index is 14.5. The van der Waals surface area contributed by atoms with E-state index in [9.17, 15) is 19.5 Å². The first-order chi connectivity index (χ1) is 18.4. The SMILES string of the molecule is Cc1cn([C@H]2C[C@H](NC(=O)C(c3ccccc3)(c3ccccc3)c3ccccc3)[C@@H](CO)O2)c(=O)[nH]c1=O. The number of aryl methyl sites for hydroxylation is 1. The van der Waals surface area contributed by atoms with Crippen molar-refractivity contribution < 1.29 is 14.6 Å². The third kappa shape index (κ3) is 4.49. The van der Waals surface area contributed by atoms with E-state index >= 15 is 0 Å². The summed E-state index contributed by atoms with van der Waals surface area (Å²) in [6, 6.07) is 28.1. The molecular formula is C30H29N3O5. The molecule has 38 heavy (non-hydrogen) atoms. The van der Waals surface area contributed by atoms with E-state index in [-0.39, 0.29) is 18.9 Å². The van der Waals surface area contributed by atoms with Crippen molar-refractivity contribution in [1.82, 2.24) is 14.9 Å². The van der Waals surface area contributed by atoms with Gasteiger partial charge in [-0.15, -0.1) is 0 Å². The molecule has 194 valence electrons. The number of hydrogen-bond donors (Lipinski definition) is 3. The van der Waals surface area contributed by atoms with Gasteiger partial charge in [0.1, 0.15) is 17.7 Å². The zero-order chi connectivity index (χ0) is 26.7. The van der Waals surface area contributed by atoms with Crippen LogP contribution in [0.25, 0.3) is 0 Å². The molecule has 2 heterocycles. The Morgan fingerprint density at radius 3 is 1.92 bits per heavy atom. The quantitative estimate of drug-likeness (QED) is 0.330. The van der Waals surface area contributed by atoms with Crippen LogP contribution in [-0.2, 0) is 14.9 Å². The van der Waals surface area contributed by atoms with Gasteiger partial charge in [-0.05, 0) is 23.6 Å². The normalized spacial score (nSPS) is 19.3. The van der Waals surface area contributed by atoms with Crippen LogP contribution in [0.15, 0.2) is 107 Å². The van der Waals surface area contributed by atoms with Crippen molar-refractivity contribution >= 4 is 5.91 Å². The van der Waals surface area contributed by atoms with Gasteiger partial charge in [0.25, 0.3) is 5.56 Å². The molecule has 1 aromatic heterocycles. The van der Waals surface area contributed by atoms with Crippen LogP contribution in [0.3, 0.4) is 0 Å². The van der Waals surface area contributed by atoms with E-state index in [2.05, 4.69) is 10.3 Å². The molecule has 0 aliphatic carbocycles. The largest absolute Gasteiger partial charge is 0.394 e. The van der Waals surface area contributed by atoms with Crippen molar-refractivity contribution in [3.05, 3.63) is 140 Å². The monoisotopic (exact) mass is 511 g/mol. The van der Waals surface area contributed by atoms with Crippen LogP contribution >= 0.6 is 0 Å². The van der Waals surface area contributed by atoms with Gasteiger partial charge in [-0.3, -0.25) is 19.1 Å². The second-order valence-corrected chi connectivity index (χ2v) is 9.45. The van der Waals surface area contributed by atoms with Gasteiger partial charge in [0.2, 0.25) is 5.91 Å². The number of rotatable bonds is 7. The van der Waals surface area contributed by atoms with E-state index in [1.54, 1.807) is 6.92 Å². The van der Waals surface area contributed by atoms with Crippen LogP contribution in [0.2, 0.25) is 0 Å². The molecule has 3 atom stereocenters. The van der Waals surface area contributed by atoms with Gasteiger partial charge in [0.05, 0.1) is 12.6 Å². The topological polar surface area (TPSA) is 113 Å². The number of carbonyl (C=O) groups excluding carboxylic acids is 1. The minimum atomic E-state index is -1.19. The fraction of sp³-hybridized carbons (Fsp3) is 0.233. The summed E-state index contributed by atoms with van der Waals surface area (Å²) in [5.74, 6) is -0.279. The molecule has 8 heteroatoms. The Bertz CT molecular complexity index is 1420. The highest BCUT2D eigenvalue weighted by atomic mass is 16.5. The molecule has 1 aliphatic heterocycles. The number of aliphatic hydroxyl groups is 1. The number of nitrogens with one attached hydrogen (secondary N) is 2. The number of benzene rings is 3. The molecule has 0 spiro atoms. The number of aromatic amines is 1. The Morgan fingerprint density at radius 2 is 1.45 bits per heavy atom. The molecular weight excluding hydrogens is 482 g/mol. The molecule has 8 nitrogen and oxygen atoms in total. The second-order valence-electron chi connectivity index (χ2n) is 9.45. The number of aliphatic hydroxyl groups excluding tert-OH is 1. The van der Waals surface area contributed by atoms with E-state index in [4.69, 9.17) is 4.74 Å². The van der Waals surface area contributed by atoms with Gasteiger partial charge >= 0.3 is 5.69 Å². The summed E-state index contributed by atoms with van der Waals surface area (Å²) >= 11 is 0. The lowest BCUT2D eigenvalue weighted by Gasteiger charge is -2.36. The summed E-state index contributed by atoms with van der Waals surface area (Å²) in [6.45, 7) is 1.24. The van der Waals surface area contributed by atoms with E-state index in [1.165, 1.54) is 10.8 Å². The molecule has 4 aromatic rings. The molecule has 5 rings (SSSR count). The van der Waals surface area contributed by atoms with Crippen LogP contribution in [-0.4, -0.2) is 39.3 Å². The molecule has 0 radical (unpaired) electrons. The molecule has 0 unspecified atom stereocenters. The van der Waals surface area contributed by atoms with Crippen LogP contribution in [0, 0.1) is 6.92 Å². The molecule has 1 saturated heterocycles. The fourth-order valence-corrected chi connectivity index (χ4v) is 5.26. The average molecular weight is 512 g/mol. The Morgan fingerprint density at radius 1 is 0.947 bits per heavy atom. The molecule has 0 saturated carbocycles. The van der Waals surface area contributed by atoms with Gasteiger partial charge in [0.15, 0.2) is 0 Å².